The second-order valence-electron chi connectivity index (χ2n) is 8.21. The summed E-state index contributed by atoms with van der Waals surface area (Å²) in [7, 11) is 0. The van der Waals surface area contributed by atoms with Crippen molar-refractivity contribution in [1.82, 2.24) is 5.32 Å². The number of ether oxygens (including phenoxy) is 2. The van der Waals surface area contributed by atoms with Crippen molar-refractivity contribution in [3.8, 4) is 5.75 Å². The third-order valence-electron chi connectivity index (χ3n) is 4.17. The molecule has 0 aliphatic rings. The second-order valence-corrected chi connectivity index (χ2v) is 8.21. The molecule has 0 atom stereocenters. The summed E-state index contributed by atoms with van der Waals surface area (Å²) in [6.45, 7) is 7.35. The van der Waals surface area contributed by atoms with Crippen LogP contribution >= 0.6 is 0 Å². The smallest absolute Gasteiger partial charge is 0.408 e. The van der Waals surface area contributed by atoms with Crippen molar-refractivity contribution in [1.29, 1.82) is 0 Å². The van der Waals surface area contributed by atoms with E-state index in [-0.39, 0.29) is 18.9 Å². The van der Waals surface area contributed by atoms with Crippen molar-refractivity contribution in [2.75, 3.05) is 23.8 Å². The first kappa shape index (κ1) is 24.7. The van der Waals surface area contributed by atoms with Crippen LogP contribution in [0.1, 0.15) is 39.2 Å². The fourth-order valence-corrected chi connectivity index (χ4v) is 2.71. The first-order chi connectivity index (χ1) is 15.1. The molecule has 0 aromatic heterocycles. The van der Waals surface area contributed by atoms with Gasteiger partial charge >= 0.3 is 6.09 Å². The molecule has 2 rings (SSSR count). The maximum absolute atomic E-state index is 12.3. The van der Waals surface area contributed by atoms with Crippen LogP contribution in [-0.2, 0) is 14.3 Å². The highest BCUT2D eigenvalue weighted by Gasteiger charge is 2.17. The summed E-state index contributed by atoms with van der Waals surface area (Å²) in [5.41, 5.74) is 1.31. The first-order valence-electron chi connectivity index (χ1n) is 10.5. The Morgan fingerprint density at radius 3 is 2.09 bits per heavy atom. The molecule has 0 spiro atoms. The molecule has 8 heteroatoms. The summed E-state index contributed by atoms with van der Waals surface area (Å²) in [6, 6.07) is 14.6. The predicted octanol–water partition coefficient (Wildman–Crippen LogP) is 4.26. The van der Waals surface area contributed by atoms with Crippen molar-refractivity contribution in [2.45, 2.75) is 46.1 Å². The lowest BCUT2D eigenvalue weighted by Gasteiger charge is -2.19. The van der Waals surface area contributed by atoms with Gasteiger partial charge in [-0.1, -0.05) is 30.3 Å². The van der Waals surface area contributed by atoms with Gasteiger partial charge in [0.05, 0.1) is 18.0 Å². The van der Waals surface area contributed by atoms with Gasteiger partial charge in [0, 0.05) is 6.42 Å². The SMILES string of the molecule is Cc1ccccc1OCCCC(=O)Nc1ccccc1NC(=O)CNC(=O)OC(C)(C)C. The summed E-state index contributed by atoms with van der Waals surface area (Å²) >= 11 is 0. The summed E-state index contributed by atoms with van der Waals surface area (Å²) in [4.78, 5) is 36.2. The Kier molecular flexibility index (Phi) is 9.07. The monoisotopic (exact) mass is 441 g/mol. The number of hydrogen-bond donors (Lipinski definition) is 3. The Balaban J connectivity index is 1.79. The molecule has 2 aromatic rings. The van der Waals surface area contributed by atoms with Gasteiger partial charge in [0.1, 0.15) is 17.9 Å². The maximum atomic E-state index is 12.3. The Bertz CT molecular complexity index is 937. The minimum Gasteiger partial charge on any atom is -0.493 e. The normalized spacial score (nSPS) is 10.8. The molecule has 32 heavy (non-hydrogen) atoms. The average Bonchev–Trinajstić information content (AvgIpc) is 2.71. The van der Waals surface area contributed by atoms with E-state index < -0.39 is 17.6 Å². The molecule has 0 saturated heterocycles. The maximum Gasteiger partial charge on any atom is 0.408 e. The van der Waals surface area contributed by atoms with Crippen molar-refractivity contribution in [3.63, 3.8) is 0 Å². The molecule has 0 fully saturated rings. The van der Waals surface area contributed by atoms with E-state index in [0.717, 1.165) is 11.3 Å². The van der Waals surface area contributed by atoms with Crippen LogP contribution in [0.3, 0.4) is 0 Å². The minimum atomic E-state index is -0.679. The average molecular weight is 442 g/mol. The number of aryl methyl sites for hydroxylation is 1. The van der Waals surface area contributed by atoms with Crippen LogP contribution in [0.15, 0.2) is 48.5 Å². The van der Waals surface area contributed by atoms with Crippen molar-refractivity contribution < 1.29 is 23.9 Å². The lowest BCUT2D eigenvalue weighted by Crippen LogP contribution is -2.37. The van der Waals surface area contributed by atoms with Gasteiger partial charge in [-0.15, -0.1) is 0 Å². The molecule has 0 heterocycles. The molecule has 0 aliphatic heterocycles. The molecule has 0 radical (unpaired) electrons. The number of carbonyl (C=O) groups is 3. The molecule has 0 saturated carbocycles. The lowest BCUT2D eigenvalue weighted by atomic mass is 10.2. The molecular formula is C24H31N3O5. The zero-order valence-electron chi connectivity index (χ0n) is 19.0. The molecule has 0 bridgehead atoms. The van der Waals surface area contributed by atoms with Crippen LogP contribution < -0.4 is 20.7 Å². The molecule has 2 aromatic carbocycles. The van der Waals surface area contributed by atoms with Gasteiger partial charge in [0.25, 0.3) is 0 Å². The summed E-state index contributed by atoms with van der Waals surface area (Å²) in [6.07, 6.45) is 0.144. The summed E-state index contributed by atoms with van der Waals surface area (Å²) in [5, 5.41) is 7.88. The lowest BCUT2D eigenvalue weighted by molar-refractivity contribution is -0.117. The fourth-order valence-electron chi connectivity index (χ4n) is 2.71. The van der Waals surface area contributed by atoms with E-state index in [9.17, 15) is 14.4 Å². The standard InChI is InChI=1S/C24H31N3O5/c1-17-10-5-8-13-20(17)31-15-9-14-21(28)26-18-11-6-7-12-19(18)27-22(29)16-25-23(30)32-24(2,3)4/h5-8,10-13H,9,14-16H2,1-4H3,(H,25,30)(H,26,28)(H,27,29). The van der Waals surface area contributed by atoms with Crippen molar-refractivity contribution in [3.05, 3.63) is 54.1 Å². The number of benzene rings is 2. The van der Waals surface area contributed by atoms with Crippen LogP contribution in [-0.4, -0.2) is 36.7 Å². The molecule has 172 valence electrons. The number of nitrogens with one attached hydrogen (secondary N) is 3. The van der Waals surface area contributed by atoms with Crippen molar-refractivity contribution in [2.24, 2.45) is 0 Å². The third-order valence-corrected chi connectivity index (χ3v) is 4.17. The summed E-state index contributed by atoms with van der Waals surface area (Å²) in [5.74, 6) is 0.178. The largest absolute Gasteiger partial charge is 0.493 e. The first-order valence-corrected chi connectivity index (χ1v) is 10.5. The van der Waals surface area contributed by atoms with Crippen LogP contribution in [0.2, 0.25) is 0 Å². The third kappa shape index (κ3) is 9.07. The summed E-state index contributed by atoms with van der Waals surface area (Å²) < 4.78 is 10.8. The van der Waals surface area contributed by atoms with Gasteiger partial charge in [0.15, 0.2) is 0 Å². The van der Waals surface area contributed by atoms with E-state index in [0.29, 0.717) is 24.4 Å². The number of hydrogen-bond acceptors (Lipinski definition) is 5. The van der Waals surface area contributed by atoms with E-state index in [4.69, 9.17) is 9.47 Å². The van der Waals surface area contributed by atoms with Crippen LogP contribution in [0.5, 0.6) is 5.75 Å². The number of anilines is 2. The van der Waals surface area contributed by atoms with Crippen LogP contribution in [0.4, 0.5) is 16.2 Å². The molecule has 0 unspecified atom stereocenters. The van der Waals surface area contributed by atoms with E-state index in [2.05, 4.69) is 16.0 Å². The van der Waals surface area contributed by atoms with Gasteiger partial charge in [-0.2, -0.15) is 0 Å². The molecule has 0 aliphatic carbocycles. The molecule has 3 amide bonds. The molecule has 3 N–H and O–H groups in total. The van der Waals surface area contributed by atoms with Crippen molar-refractivity contribution >= 4 is 29.3 Å². The molecule has 8 nitrogen and oxygen atoms in total. The number of carbonyl (C=O) groups excluding carboxylic acids is 3. The Hall–Kier alpha value is -3.55. The van der Waals surface area contributed by atoms with Gasteiger partial charge in [-0.25, -0.2) is 4.79 Å². The quantitative estimate of drug-likeness (QED) is 0.504. The highest BCUT2D eigenvalue weighted by Crippen LogP contribution is 2.21. The fraction of sp³-hybridized carbons (Fsp3) is 0.375. The van der Waals surface area contributed by atoms with Gasteiger partial charge in [-0.3, -0.25) is 9.59 Å². The zero-order chi connectivity index (χ0) is 23.6. The van der Waals surface area contributed by atoms with Gasteiger partial charge in [0.2, 0.25) is 11.8 Å². The second kappa shape index (κ2) is 11.7. The number of rotatable bonds is 9. The minimum absolute atomic E-state index is 0.188. The predicted molar refractivity (Wildman–Crippen MR) is 124 cm³/mol. The number of amides is 3. The molecular weight excluding hydrogens is 410 g/mol. The van der Waals surface area contributed by atoms with Gasteiger partial charge < -0.3 is 25.4 Å². The Labute approximate surface area is 188 Å². The van der Waals surface area contributed by atoms with E-state index >= 15 is 0 Å². The van der Waals surface area contributed by atoms with Crippen LogP contribution in [0, 0.1) is 6.92 Å². The Morgan fingerprint density at radius 1 is 0.875 bits per heavy atom. The van der Waals surface area contributed by atoms with E-state index in [1.54, 1.807) is 45.0 Å². The zero-order valence-corrected chi connectivity index (χ0v) is 19.0. The highest BCUT2D eigenvalue weighted by atomic mass is 16.6. The van der Waals surface area contributed by atoms with E-state index in [1.807, 2.05) is 31.2 Å². The number of para-hydroxylation sites is 3. The van der Waals surface area contributed by atoms with Crippen LogP contribution in [0.25, 0.3) is 0 Å². The van der Waals surface area contributed by atoms with Gasteiger partial charge in [-0.05, 0) is 57.9 Å². The Morgan fingerprint density at radius 2 is 1.47 bits per heavy atom. The topological polar surface area (TPSA) is 106 Å². The highest BCUT2D eigenvalue weighted by molar-refractivity contribution is 6.00. The number of alkyl carbamates (subject to hydrolysis) is 1. The van der Waals surface area contributed by atoms with E-state index in [1.165, 1.54) is 0 Å².